The molecule has 1 aromatic rings. The number of aliphatic hydroxyl groups is 1. The van der Waals surface area contributed by atoms with Crippen LogP contribution in [0.4, 0.5) is 0 Å². The first-order chi connectivity index (χ1) is 11.2. The summed E-state index contributed by atoms with van der Waals surface area (Å²) in [7, 11) is 1.82. The quantitative estimate of drug-likeness (QED) is 0.726. The minimum Gasteiger partial charge on any atom is -0.375 e. The number of amides is 1. The molecular weight excluding hydrogens is 288 g/mol. The van der Waals surface area contributed by atoms with Gasteiger partial charge in [-0.1, -0.05) is 61.4 Å². The first kappa shape index (κ1) is 17.5. The summed E-state index contributed by atoms with van der Waals surface area (Å²) in [6.45, 7) is 0.837. The van der Waals surface area contributed by atoms with E-state index < -0.39 is 5.60 Å². The number of benzene rings is 1. The van der Waals surface area contributed by atoms with Gasteiger partial charge in [-0.25, -0.2) is 0 Å². The molecule has 0 spiro atoms. The first-order valence-corrected chi connectivity index (χ1v) is 8.36. The van der Waals surface area contributed by atoms with Crippen LogP contribution in [0, 0.1) is 17.8 Å². The highest BCUT2D eigenvalue weighted by Gasteiger charge is 2.45. The summed E-state index contributed by atoms with van der Waals surface area (Å²) in [6.07, 6.45) is 5.07. The zero-order valence-electron chi connectivity index (χ0n) is 13.8. The van der Waals surface area contributed by atoms with Gasteiger partial charge in [0.25, 0.3) is 5.91 Å². The van der Waals surface area contributed by atoms with E-state index in [-0.39, 0.29) is 18.4 Å². The standard InChI is InChI=1S/C19H26N2O2/c1-20-14-8-9-15-21-18(22)19(23,16-10-4-2-5-11-16)17-12-6-3-7-13-17/h2,4-5,10-11,17,20,23H,3,6-7,12-15H2,1H3,(H,21,22). The van der Waals surface area contributed by atoms with Crippen molar-refractivity contribution in [3.8, 4) is 11.8 Å². The maximum atomic E-state index is 12.8. The van der Waals surface area contributed by atoms with Crippen LogP contribution in [0.2, 0.25) is 0 Å². The van der Waals surface area contributed by atoms with Gasteiger partial charge in [0.1, 0.15) is 0 Å². The molecule has 0 aromatic heterocycles. The molecule has 1 atom stereocenters. The fourth-order valence-electron chi connectivity index (χ4n) is 3.24. The topological polar surface area (TPSA) is 61.4 Å². The van der Waals surface area contributed by atoms with Crippen LogP contribution in [0.15, 0.2) is 30.3 Å². The number of nitrogens with one attached hydrogen (secondary N) is 2. The third-order valence-corrected chi connectivity index (χ3v) is 4.48. The smallest absolute Gasteiger partial charge is 0.257 e. The molecule has 1 unspecified atom stereocenters. The minimum absolute atomic E-state index is 0.0380. The lowest BCUT2D eigenvalue weighted by Gasteiger charge is -2.37. The Bertz CT molecular complexity index is 556. The van der Waals surface area contributed by atoms with Crippen LogP contribution < -0.4 is 10.6 Å². The average molecular weight is 314 g/mol. The Kier molecular flexibility index (Phi) is 6.64. The van der Waals surface area contributed by atoms with Gasteiger partial charge in [0, 0.05) is 5.92 Å². The molecular formula is C19H26N2O2. The third kappa shape index (κ3) is 4.34. The van der Waals surface area contributed by atoms with E-state index in [1.165, 1.54) is 6.42 Å². The lowest BCUT2D eigenvalue weighted by atomic mass is 9.73. The summed E-state index contributed by atoms with van der Waals surface area (Å²) in [5, 5.41) is 17.0. The van der Waals surface area contributed by atoms with Crippen molar-refractivity contribution in [1.82, 2.24) is 10.6 Å². The van der Waals surface area contributed by atoms with E-state index in [9.17, 15) is 9.90 Å². The summed E-state index contributed by atoms with van der Waals surface area (Å²) < 4.78 is 0. The van der Waals surface area contributed by atoms with Crippen molar-refractivity contribution >= 4 is 5.91 Å². The van der Waals surface area contributed by atoms with Crippen molar-refractivity contribution in [2.75, 3.05) is 20.1 Å². The highest BCUT2D eigenvalue weighted by atomic mass is 16.3. The molecule has 4 nitrogen and oxygen atoms in total. The van der Waals surface area contributed by atoms with E-state index in [4.69, 9.17) is 0 Å². The zero-order valence-corrected chi connectivity index (χ0v) is 13.8. The second-order valence-electron chi connectivity index (χ2n) is 6.03. The van der Waals surface area contributed by atoms with Gasteiger partial charge >= 0.3 is 0 Å². The van der Waals surface area contributed by atoms with Gasteiger partial charge in [-0.05, 0) is 25.5 Å². The van der Waals surface area contributed by atoms with Crippen LogP contribution in [0.5, 0.6) is 0 Å². The highest BCUT2D eigenvalue weighted by Crippen LogP contribution is 2.39. The Hall–Kier alpha value is -1.83. The van der Waals surface area contributed by atoms with Crippen LogP contribution >= 0.6 is 0 Å². The second kappa shape index (κ2) is 8.71. The van der Waals surface area contributed by atoms with Crippen LogP contribution in [0.1, 0.15) is 37.7 Å². The number of carbonyl (C=O) groups is 1. The number of hydrogen-bond donors (Lipinski definition) is 3. The van der Waals surface area contributed by atoms with Gasteiger partial charge in [-0.3, -0.25) is 4.79 Å². The Morgan fingerprint density at radius 3 is 2.48 bits per heavy atom. The molecule has 4 heteroatoms. The SMILES string of the molecule is CNCC#CCNC(=O)C(O)(c1ccccc1)C1CCCCC1. The Labute approximate surface area is 138 Å². The molecule has 23 heavy (non-hydrogen) atoms. The summed E-state index contributed by atoms with van der Waals surface area (Å²) in [4.78, 5) is 12.8. The van der Waals surface area contributed by atoms with Crippen molar-refractivity contribution in [1.29, 1.82) is 0 Å². The fourth-order valence-corrected chi connectivity index (χ4v) is 3.24. The molecule has 0 aliphatic heterocycles. The predicted molar refractivity (Wildman–Crippen MR) is 91.6 cm³/mol. The fraction of sp³-hybridized carbons (Fsp3) is 0.526. The normalized spacial score (nSPS) is 17.7. The summed E-state index contributed by atoms with van der Waals surface area (Å²) in [6, 6.07) is 9.29. The Balaban J connectivity index is 2.16. The molecule has 1 aromatic carbocycles. The monoisotopic (exact) mass is 314 g/mol. The van der Waals surface area contributed by atoms with Crippen molar-refractivity contribution in [3.63, 3.8) is 0 Å². The summed E-state index contributed by atoms with van der Waals surface area (Å²) >= 11 is 0. The van der Waals surface area contributed by atoms with E-state index in [0.717, 1.165) is 25.7 Å². The molecule has 0 saturated heterocycles. The van der Waals surface area contributed by atoms with E-state index >= 15 is 0 Å². The van der Waals surface area contributed by atoms with Gasteiger partial charge in [0.2, 0.25) is 0 Å². The maximum Gasteiger partial charge on any atom is 0.257 e. The largest absolute Gasteiger partial charge is 0.375 e. The zero-order chi connectivity index (χ0) is 16.5. The van der Waals surface area contributed by atoms with Gasteiger partial charge in [-0.15, -0.1) is 0 Å². The average Bonchev–Trinajstić information content (AvgIpc) is 2.62. The lowest BCUT2D eigenvalue weighted by molar-refractivity contribution is -0.149. The molecule has 2 rings (SSSR count). The lowest BCUT2D eigenvalue weighted by Crippen LogP contribution is -2.50. The van der Waals surface area contributed by atoms with E-state index in [2.05, 4.69) is 22.5 Å². The van der Waals surface area contributed by atoms with E-state index in [1.54, 1.807) is 0 Å². The molecule has 0 heterocycles. The van der Waals surface area contributed by atoms with Gasteiger partial charge < -0.3 is 15.7 Å². The number of hydrogen-bond acceptors (Lipinski definition) is 3. The van der Waals surface area contributed by atoms with Crippen LogP contribution in [0.3, 0.4) is 0 Å². The van der Waals surface area contributed by atoms with Crippen molar-refractivity contribution in [2.45, 2.75) is 37.7 Å². The molecule has 1 aliphatic rings. The van der Waals surface area contributed by atoms with E-state index in [1.807, 2.05) is 37.4 Å². The Morgan fingerprint density at radius 2 is 1.83 bits per heavy atom. The van der Waals surface area contributed by atoms with Gasteiger partial charge in [0.15, 0.2) is 5.60 Å². The first-order valence-electron chi connectivity index (χ1n) is 8.36. The number of carbonyl (C=O) groups excluding carboxylic acids is 1. The molecule has 1 amide bonds. The molecule has 124 valence electrons. The summed E-state index contributed by atoms with van der Waals surface area (Å²) in [5.41, 5.74) is -0.792. The van der Waals surface area contributed by atoms with E-state index in [0.29, 0.717) is 12.1 Å². The van der Waals surface area contributed by atoms with Crippen molar-refractivity contribution < 1.29 is 9.90 Å². The maximum absolute atomic E-state index is 12.8. The Morgan fingerprint density at radius 1 is 1.17 bits per heavy atom. The van der Waals surface area contributed by atoms with Crippen molar-refractivity contribution in [3.05, 3.63) is 35.9 Å². The van der Waals surface area contributed by atoms with Crippen LogP contribution in [-0.2, 0) is 10.4 Å². The molecule has 1 saturated carbocycles. The second-order valence-corrected chi connectivity index (χ2v) is 6.03. The van der Waals surface area contributed by atoms with Gasteiger partial charge in [-0.2, -0.15) is 0 Å². The highest BCUT2D eigenvalue weighted by molar-refractivity contribution is 5.87. The minimum atomic E-state index is -1.47. The molecule has 3 N–H and O–H groups in total. The molecule has 0 radical (unpaired) electrons. The van der Waals surface area contributed by atoms with Gasteiger partial charge in [0.05, 0.1) is 13.1 Å². The summed E-state index contributed by atoms with van der Waals surface area (Å²) in [5.74, 6) is 5.42. The predicted octanol–water partition coefficient (Wildman–Crippen LogP) is 1.79. The molecule has 1 aliphatic carbocycles. The van der Waals surface area contributed by atoms with Crippen molar-refractivity contribution in [2.24, 2.45) is 5.92 Å². The molecule has 0 bridgehead atoms. The number of rotatable bonds is 5. The third-order valence-electron chi connectivity index (χ3n) is 4.48. The van der Waals surface area contributed by atoms with Crippen LogP contribution in [0.25, 0.3) is 0 Å². The van der Waals surface area contributed by atoms with Crippen LogP contribution in [-0.4, -0.2) is 31.2 Å². The molecule has 1 fully saturated rings.